The summed E-state index contributed by atoms with van der Waals surface area (Å²) in [5.74, 6) is 0.483. The highest BCUT2D eigenvalue weighted by atomic mass is 16.2. The van der Waals surface area contributed by atoms with Crippen LogP contribution in [0, 0.1) is 31.6 Å². The Morgan fingerprint density at radius 3 is 2.78 bits per heavy atom. The van der Waals surface area contributed by atoms with Crippen LogP contribution in [-0.2, 0) is 9.59 Å². The average Bonchev–Trinajstić information content (AvgIpc) is 3.04. The largest absolute Gasteiger partial charge is 0.353 e. The first-order valence-electron chi connectivity index (χ1n) is 6.24. The van der Waals surface area contributed by atoms with Gasteiger partial charge in [0.1, 0.15) is 6.04 Å². The number of nitrogens with one attached hydrogen (secondary N) is 1. The summed E-state index contributed by atoms with van der Waals surface area (Å²) in [7, 11) is 0. The first-order valence-corrected chi connectivity index (χ1v) is 6.24. The Hall–Kier alpha value is -1.10. The van der Waals surface area contributed by atoms with Crippen molar-refractivity contribution >= 4 is 11.8 Å². The Kier molecular flexibility index (Phi) is 4.58. The zero-order valence-electron chi connectivity index (χ0n) is 10.3. The van der Waals surface area contributed by atoms with E-state index < -0.39 is 0 Å². The number of rotatable bonds is 4. The fraction of sp³-hybridized carbons (Fsp3) is 0.462. The topological polar surface area (TPSA) is 75.4 Å². The minimum atomic E-state index is -0.348. The molecule has 18 heavy (non-hydrogen) atoms. The maximum atomic E-state index is 12.2. The number of carbonyl (C=O) groups excluding carboxylic acids is 2. The van der Waals surface area contributed by atoms with Gasteiger partial charge in [0, 0.05) is 19.6 Å². The molecule has 97 valence electrons. The van der Waals surface area contributed by atoms with Gasteiger partial charge in [-0.3, -0.25) is 9.59 Å². The molecule has 2 rings (SSSR count). The van der Waals surface area contributed by atoms with Crippen molar-refractivity contribution in [1.82, 2.24) is 10.2 Å². The van der Waals surface area contributed by atoms with Crippen LogP contribution >= 0.6 is 0 Å². The molecule has 0 aromatic carbocycles. The number of hydrogen-bond donors (Lipinski definition) is 2. The summed E-state index contributed by atoms with van der Waals surface area (Å²) < 4.78 is 0. The molecule has 1 atom stereocenters. The van der Waals surface area contributed by atoms with Crippen LogP contribution in [0.25, 0.3) is 0 Å². The molecule has 0 aromatic heterocycles. The number of hydrogen-bond acceptors (Lipinski definition) is 3. The van der Waals surface area contributed by atoms with Crippen LogP contribution in [0.4, 0.5) is 0 Å². The average molecular weight is 248 g/mol. The van der Waals surface area contributed by atoms with Crippen LogP contribution in [-0.4, -0.2) is 42.4 Å². The van der Waals surface area contributed by atoms with Crippen molar-refractivity contribution in [2.24, 2.45) is 5.73 Å². The lowest BCUT2D eigenvalue weighted by atomic mass is 10.1. The molecule has 2 aliphatic rings. The molecular weight excluding hydrogens is 230 g/mol. The van der Waals surface area contributed by atoms with Gasteiger partial charge in [-0.05, 0) is 38.5 Å². The van der Waals surface area contributed by atoms with E-state index in [2.05, 4.69) is 5.32 Å². The predicted octanol–water partition coefficient (Wildman–Crippen LogP) is -0.542. The van der Waals surface area contributed by atoms with Gasteiger partial charge < -0.3 is 16.0 Å². The van der Waals surface area contributed by atoms with Gasteiger partial charge >= 0.3 is 0 Å². The Balaban J connectivity index is 1.93. The molecule has 0 aromatic rings. The Morgan fingerprint density at radius 1 is 1.39 bits per heavy atom. The number of likely N-dealkylation sites (tertiary alicyclic amines) is 1. The molecule has 1 aliphatic carbocycles. The van der Waals surface area contributed by atoms with E-state index in [1.165, 1.54) is 0 Å². The molecule has 0 unspecified atom stereocenters. The minimum absolute atomic E-state index is 0.0644. The van der Waals surface area contributed by atoms with Crippen LogP contribution in [0.2, 0.25) is 0 Å². The maximum absolute atomic E-state index is 12.2. The van der Waals surface area contributed by atoms with Crippen molar-refractivity contribution in [3.63, 3.8) is 0 Å². The molecule has 1 aliphatic heterocycles. The predicted molar refractivity (Wildman–Crippen MR) is 67.2 cm³/mol. The molecule has 1 heterocycles. The molecule has 1 saturated carbocycles. The fourth-order valence-electron chi connectivity index (χ4n) is 2.28. The number of carbonyl (C=O) groups is 2. The van der Waals surface area contributed by atoms with Gasteiger partial charge in [0.2, 0.25) is 11.8 Å². The van der Waals surface area contributed by atoms with E-state index in [0.717, 1.165) is 12.8 Å². The zero-order valence-corrected chi connectivity index (χ0v) is 10.3. The zero-order chi connectivity index (χ0) is 13.0. The molecule has 0 bridgehead atoms. The molecule has 5 nitrogen and oxygen atoms in total. The molecule has 1 saturated heterocycles. The van der Waals surface area contributed by atoms with Crippen LogP contribution < -0.4 is 11.1 Å². The van der Waals surface area contributed by atoms with Gasteiger partial charge in [0.25, 0.3) is 0 Å². The molecule has 0 spiro atoms. The van der Waals surface area contributed by atoms with Gasteiger partial charge in [-0.25, -0.2) is 0 Å². The second-order valence-corrected chi connectivity index (χ2v) is 4.41. The van der Waals surface area contributed by atoms with E-state index >= 15 is 0 Å². The highest BCUT2D eigenvalue weighted by molar-refractivity contribution is 5.99. The van der Waals surface area contributed by atoms with Gasteiger partial charge in [-0.1, -0.05) is 0 Å². The highest BCUT2D eigenvalue weighted by Gasteiger charge is 2.38. The van der Waals surface area contributed by atoms with E-state index in [0.29, 0.717) is 25.6 Å². The third-order valence-corrected chi connectivity index (χ3v) is 3.17. The highest BCUT2D eigenvalue weighted by Crippen LogP contribution is 2.28. The van der Waals surface area contributed by atoms with Crippen LogP contribution in [0.5, 0.6) is 0 Å². The lowest BCUT2D eigenvalue weighted by Gasteiger charge is -2.26. The SMILES string of the molecule is NCCNC(=O)[C@@H]1CCCN1C(=O)[C]1[CH][CH][CH][CH]1. The molecule has 5 radical (unpaired) electrons. The molecule has 3 N–H and O–H groups in total. The molecule has 2 amide bonds. The Labute approximate surface area is 108 Å². The minimum Gasteiger partial charge on any atom is -0.353 e. The van der Waals surface area contributed by atoms with Gasteiger partial charge in [0.15, 0.2) is 0 Å². The van der Waals surface area contributed by atoms with Gasteiger partial charge in [0.05, 0.1) is 5.92 Å². The number of nitrogens with two attached hydrogens (primary N) is 1. The van der Waals surface area contributed by atoms with Crippen LogP contribution in [0.15, 0.2) is 0 Å². The van der Waals surface area contributed by atoms with E-state index in [1.807, 2.05) is 12.8 Å². The summed E-state index contributed by atoms with van der Waals surface area (Å²) >= 11 is 0. The maximum Gasteiger partial charge on any atom is 0.242 e. The summed E-state index contributed by atoms with van der Waals surface area (Å²) in [5.41, 5.74) is 5.35. The van der Waals surface area contributed by atoms with Gasteiger partial charge in [-0.15, -0.1) is 0 Å². The number of amides is 2. The lowest BCUT2D eigenvalue weighted by Crippen LogP contribution is -2.48. The third kappa shape index (κ3) is 2.83. The van der Waals surface area contributed by atoms with Gasteiger partial charge in [-0.2, -0.15) is 0 Å². The first-order chi connectivity index (χ1) is 8.74. The summed E-state index contributed by atoms with van der Waals surface area (Å²) in [6.07, 6.45) is 8.79. The van der Waals surface area contributed by atoms with E-state index in [1.54, 1.807) is 17.7 Å². The summed E-state index contributed by atoms with van der Waals surface area (Å²) in [4.78, 5) is 25.8. The monoisotopic (exact) mass is 248 g/mol. The normalized spacial score (nSPS) is 24.5. The van der Waals surface area contributed by atoms with E-state index in [-0.39, 0.29) is 17.9 Å². The molecule has 2 fully saturated rings. The molecule has 5 heteroatoms. The quantitative estimate of drug-likeness (QED) is 0.701. The van der Waals surface area contributed by atoms with Crippen molar-refractivity contribution in [2.45, 2.75) is 18.9 Å². The fourth-order valence-corrected chi connectivity index (χ4v) is 2.28. The molecular formula is C13H18N3O2. The Bertz CT molecular complexity index is 313. The number of nitrogens with zero attached hydrogens (tertiary/aromatic N) is 1. The summed E-state index contributed by atoms with van der Waals surface area (Å²) in [6.45, 7) is 1.51. The summed E-state index contributed by atoms with van der Waals surface area (Å²) in [6, 6.07) is -0.348. The Morgan fingerprint density at radius 2 is 2.11 bits per heavy atom. The third-order valence-electron chi connectivity index (χ3n) is 3.17. The smallest absolute Gasteiger partial charge is 0.242 e. The van der Waals surface area contributed by atoms with Crippen LogP contribution in [0.1, 0.15) is 12.8 Å². The van der Waals surface area contributed by atoms with Crippen molar-refractivity contribution in [2.75, 3.05) is 19.6 Å². The second kappa shape index (κ2) is 6.18. The van der Waals surface area contributed by atoms with Crippen molar-refractivity contribution in [3.05, 3.63) is 31.6 Å². The first kappa shape index (κ1) is 13.3. The van der Waals surface area contributed by atoms with E-state index in [9.17, 15) is 9.59 Å². The summed E-state index contributed by atoms with van der Waals surface area (Å²) in [5, 5.41) is 2.75. The van der Waals surface area contributed by atoms with Crippen molar-refractivity contribution < 1.29 is 9.59 Å². The van der Waals surface area contributed by atoms with Crippen LogP contribution in [0.3, 0.4) is 0 Å². The second-order valence-electron chi connectivity index (χ2n) is 4.41. The van der Waals surface area contributed by atoms with Crippen molar-refractivity contribution in [1.29, 1.82) is 0 Å². The standard InChI is InChI=1S/C13H18N3O2/c14-7-8-15-12(17)11-6-3-9-16(11)13(18)10-4-1-2-5-10/h1-2,4-5,11H,3,6-9,14H2,(H,15,17)/t11-/m0/s1. The van der Waals surface area contributed by atoms with E-state index in [4.69, 9.17) is 5.73 Å². The lowest BCUT2D eigenvalue weighted by molar-refractivity contribution is -0.136. The van der Waals surface area contributed by atoms with Crippen molar-refractivity contribution in [3.8, 4) is 0 Å².